The summed E-state index contributed by atoms with van der Waals surface area (Å²) in [6.45, 7) is 0. The summed E-state index contributed by atoms with van der Waals surface area (Å²) in [5, 5.41) is 17.7. The van der Waals surface area contributed by atoms with Gasteiger partial charge in [-0.05, 0) is 66.2 Å². The normalized spacial score (nSPS) is 11.3. The highest BCUT2D eigenvalue weighted by Gasteiger charge is 2.20. The summed E-state index contributed by atoms with van der Waals surface area (Å²) >= 11 is 0. The van der Waals surface area contributed by atoms with Gasteiger partial charge >= 0.3 is 12.0 Å². The molecule has 0 saturated carbocycles. The fourth-order valence-electron chi connectivity index (χ4n) is 4.48. The van der Waals surface area contributed by atoms with Crippen molar-refractivity contribution in [3.05, 3.63) is 101 Å². The number of methoxy groups -OCH3 is 4. The van der Waals surface area contributed by atoms with Crippen molar-refractivity contribution in [3.63, 3.8) is 0 Å². The smallest absolute Gasteiger partial charge is 0.321 e. The van der Waals surface area contributed by atoms with Gasteiger partial charge in [0.2, 0.25) is 11.8 Å². The van der Waals surface area contributed by atoms with E-state index in [4.69, 9.17) is 18.9 Å². The third-order valence-electron chi connectivity index (χ3n) is 7.01. The molecule has 5 rings (SSSR count). The van der Waals surface area contributed by atoms with Gasteiger partial charge in [0.05, 0.1) is 43.2 Å². The van der Waals surface area contributed by atoms with Crippen molar-refractivity contribution in [1.82, 2.24) is 19.9 Å². The summed E-state index contributed by atoms with van der Waals surface area (Å²) in [5.41, 5.74) is 1.39. The van der Waals surface area contributed by atoms with E-state index in [1.54, 1.807) is 12.1 Å². The van der Waals surface area contributed by atoms with Gasteiger partial charge in [-0.3, -0.25) is 19.6 Å². The Morgan fingerprint density at radius 3 is 1.35 bits per heavy atom. The molecule has 5 aromatic rings. The average Bonchev–Trinajstić information content (AvgIpc) is 3.14. The molecular formula is C31H31N9O10S2. The maximum atomic E-state index is 13.1. The first-order valence-corrected chi connectivity index (χ1v) is 17.8. The van der Waals surface area contributed by atoms with Crippen LogP contribution in [0.15, 0.2) is 94.7 Å². The van der Waals surface area contributed by atoms with E-state index >= 15 is 0 Å². The van der Waals surface area contributed by atoms with Crippen LogP contribution in [0, 0.1) is 10.1 Å². The molecule has 0 spiro atoms. The molecule has 2 heterocycles. The minimum atomic E-state index is -4.10. The van der Waals surface area contributed by atoms with E-state index in [0.29, 0.717) is 16.9 Å². The largest absolute Gasteiger partial charge is 0.481 e. The lowest BCUT2D eigenvalue weighted by Crippen LogP contribution is -2.20. The number of rotatable bonds is 16. The lowest BCUT2D eigenvalue weighted by molar-refractivity contribution is -0.384. The first-order valence-electron chi connectivity index (χ1n) is 14.8. The van der Waals surface area contributed by atoms with Gasteiger partial charge in [-0.15, -0.1) is 0 Å². The summed E-state index contributed by atoms with van der Waals surface area (Å²) in [4.78, 5) is 26.4. The summed E-state index contributed by atoms with van der Waals surface area (Å²) in [5.74, 6) is 0.0344. The summed E-state index contributed by atoms with van der Waals surface area (Å²) < 4.78 is 77.4. The monoisotopic (exact) mass is 753 g/mol. The number of benzene rings is 3. The van der Waals surface area contributed by atoms with Crippen molar-refractivity contribution < 1.29 is 40.7 Å². The second-order valence-electron chi connectivity index (χ2n) is 10.4. The van der Waals surface area contributed by atoms with Crippen LogP contribution in [0.3, 0.4) is 0 Å². The molecule has 0 aliphatic heterocycles. The molecule has 2 aromatic heterocycles. The minimum Gasteiger partial charge on any atom is -0.481 e. The highest BCUT2D eigenvalue weighted by molar-refractivity contribution is 7.93. The van der Waals surface area contributed by atoms with Gasteiger partial charge in [0, 0.05) is 35.6 Å². The standard InChI is InChI=1S/C31H31N9O10S2/c1-47-27-17-25(34-30(36-27)49-3)38-51(43,44)23-13-7-20(8-14-23)32-29(19-5-11-22(12-6-19)40(41)42)33-21-9-15-24(16-10-21)52(45,46)39-26-18-28(48-2)37-31(35-26)50-4/h5-18,29,32-33H,1-4H3,(H,34,36,38)(H,35,37,39). The molecule has 52 heavy (non-hydrogen) atoms. The third-order valence-corrected chi connectivity index (χ3v) is 9.76. The quantitative estimate of drug-likeness (QED) is 0.0631. The zero-order valence-electron chi connectivity index (χ0n) is 27.8. The zero-order chi connectivity index (χ0) is 37.5. The second-order valence-corrected chi connectivity index (χ2v) is 13.8. The Bertz CT molecular complexity index is 2080. The molecule has 0 amide bonds. The van der Waals surface area contributed by atoms with Gasteiger partial charge < -0.3 is 29.6 Å². The van der Waals surface area contributed by atoms with Gasteiger partial charge in [-0.25, -0.2) is 16.8 Å². The molecule has 0 saturated heterocycles. The van der Waals surface area contributed by atoms with Crippen molar-refractivity contribution in [2.24, 2.45) is 0 Å². The molecule has 0 atom stereocenters. The van der Waals surface area contributed by atoms with Crippen LogP contribution in [0.5, 0.6) is 23.8 Å². The van der Waals surface area contributed by atoms with E-state index in [0.717, 1.165) is 0 Å². The lowest BCUT2D eigenvalue weighted by Gasteiger charge is -2.23. The molecule has 0 radical (unpaired) electrons. The van der Waals surface area contributed by atoms with Crippen LogP contribution in [-0.2, 0) is 20.0 Å². The van der Waals surface area contributed by atoms with E-state index in [1.807, 2.05) is 0 Å². The molecule has 0 aliphatic carbocycles. The van der Waals surface area contributed by atoms with Crippen LogP contribution in [-0.4, -0.2) is 70.1 Å². The summed E-state index contributed by atoms with van der Waals surface area (Å²) in [6, 6.07) is 19.7. The SMILES string of the molecule is COc1cc(NS(=O)(=O)c2ccc(NC(Nc3ccc(S(=O)(=O)Nc4cc(OC)nc(OC)n4)cc3)c3ccc([N+](=O)[O-])cc3)cc2)nc(OC)n1. The van der Waals surface area contributed by atoms with Crippen LogP contribution >= 0.6 is 0 Å². The molecule has 272 valence electrons. The number of hydrogen-bond acceptors (Lipinski definition) is 16. The number of nitro benzene ring substituents is 1. The third kappa shape index (κ3) is 9.00. The van der Waals surface area contributed by atoms with Crippen molar-refractivity contribution >= 4 is 48.7 Å². The highest BCUT2D eigenvalue weighted by Crippen LogP contribution is 2.28. The molecule has 0 unspecified atom stereocenters. The number of aromatic nitrogens is 4. The molecule has 0 fully saturated rings. The number of ether oxygens (including phenoxy) is 4. The van der Waals surface area contributed by atoms with Gasteiger partial charge in [0.1, 0.15) is 6.17 Å². The Balaban J connectivity index is 1.36. The van der Waals surface area contributed by atoms with Gasteiger partial charge in [-0.1, -0.05) is 0 Å². The number of hydrogen-bond donors (Lipinski definition) is 4. The second kappa shape index (κ2) is 15.6. The Labute approximate surface area is 297 Å². The number of nitro groups is 1. The van der Waals surface area contributed by atoms with E-state index < -0.39 is 31.1 Å². The Kier molecular flexibility index (Phi) is 11.0. The number of nitrogens with one attached hydrogen (secondary N) is 4. The van der Waals surface area contributed by atoms with Gasteiger partial charge in [-0.2, -0.15) is 19.9 Å². The van der Waals surface area contributed by atoms with Crippen LogP contribution in [0.2, 0.25) is 0 Å². The fraction of sp³-hybridized carbons (Fsp3) is 0.161. The highest BCUT2D eigenvalue weighted by atomic mass is 32.2. The maximum Gasteiger partial charge on any atom is 0.321 e. The predicted molar refractivity (Wildman–Crippen MR) is 188 cm³/mol. The van der Waals surface area contributed by atoms with Gasteiger partial charge in [0.15, 0.2) is 11.6 Å². The Morgan fingerprint density at radius 2 is 1.00 bits per heavy atom. The van der Waals surface area contributed by atoms with Crippen molar-refractivity contribution in [2.45, 2.75) is 16.0 Å². The Morgan fingerprint density at radius 1 is 0.596 bits per heavy atom. The molecule has 0 bridgehead atoms. The van der Waals surface area contributed by atoms with Crippen LogP contribution < -0.4 is 39.0 Å². The van der Waals surface area contributed by atoms with Crippen molar-refractivity contribution in [3.8, 4) is 23.8 Å². The topological polar surface area (TPSA) is 248 Å². The molecule has 19 nitrogen and oxygen atoms in total. The van der Waals surface area contributed by atoms with E-state index in [2.05, 4.69) is 40.0 Å². The molecule has 0 aliphatic rings. The van der Waals surface area contributed by atoms with E-state index in [1.165, 1.54) is 101 Å². The average molecular weight is 754 g/mol. The fourth-order valence-corrected chi connectivity index (χ4v) is 6.47. The molecular weight excluding hydrogens is 723 g/mol. The van der Waals surface area contributed by atoms with Crippen LogP contribution in [0.25, 0.3) is 0 Å². The van der Waals surface area contributed by atoms with Crippen LogP contribution in [0.1, 0.15) is 11.7 Å². The zero-order valence-corrected chi connectivity index (χ0v) is 29.4. The number of nitrogens with zero attached hydrogens (tertiary/aromatic N) is 5. The van der Waals surface area contributed by atoms with E-state index in [-0.39, 0.29) is 50.9 Å². The van der Waals surface area contributed by atoms with Gasteiger partial charge in [0.25, 0.3) is 25.7 Å². The minimum absolute atomic E-state index is 0.0718. The summed E-state index contributed by atoms with van der Waals surface area (Å²) in [7, 11) is -2.82. The predicted octanol–water partition coefficient (Wildman–Crippen LogP) is 4.03. The van der Waals surface area contributed by atoms with E-state index in [9.17, 15) is 26.9 Å². The number of non-ortho nitro benzene ring substituents is 1. The number of anilines is 4. The molecule has 21 heteroatoms. The van der Waals surface area contributed by atoms with Crippen LogP contribution in [0.4, 0.5) is 28.7 Å². The first kappa shape index (κ1) is 36.8. The molecule has 3 aromatic carbocycles. The maximum absolute atomic E-state index is 13.1. The van der Waals surface area contributed by atoms with Crippen molar-refractivity contribution in [2.75, 3.05) is 48.5 Å². The van der Waals surface area contributed by atoms with Crippen molar-refractivity contribution in [1.29, 1.82) is 0 Å². The Hall–Kier alpha value is -6.48. The first-order chi connectivity index (χ1) is 24.8. The molecule has 4 N–H and O–H groups in total. The lowest BCUT2D eigenvalue weighted by atomic mass is 10.1. The number of sulfonamides is 2. The summed E-state index contributed by atoms with van der Waals surface area (Å²) in [6.07, 6.45) is -0.733.